The smallest absolute Gasteiger partial charge is 0.158 e. The SMILES string of the molecule is CCC(N)(CC)C(=O)Cc1ccc2ccccc2n1. The molecule has 1 aromatic carbocycles. The molecule has 0 atom stereocenters. The van der Waals surface area contributed by atoms with Crippen LogP contribution >= 0.6 is 0 Å². The molecular weight excluding hydrogens is 236 g/mol. The second-order valence-corrected chi connectivity index (χ2v) is 4.96. The Bertz CT molecular complexity index is 588. The first-order valence-corrected chi connectivity index (χ1v) is 6.76. The minimum atomic E-state index is -0.715. The number of nitrogens with two attached hydrogens (primary N) is 1. The van der Waals surface area contributed by atoms with Gasteiger partial charge in [0.05, 0.1) is 17.5 Å². The highest BCUT2D eigenvalue weighted by Crippen LogP contribution is 2.17. The van der Waals surface area contributed by atoms with E-state index in [1.807, 2.05) is 50.2 Å². The molecule has 0 amide bonds. The van der Waals surface area contributed by atoms with Gasteiger partial charge in [-0.25, -0.2) is 0 Å². The van der Waals surface area contributed by atoms with Crippen LogP contribution in [-0.2, 0) is 11.2 Å². The second kappa shape index (κ2) is 5.49. The van der Waals surface area contributed by atoms with Crippen LogP contribution in [0.2, 0.25) is 0 Å². The van der Waals surface area contributed by atoms with Gasteiger partial charge in [0.1, 0.15) is 0 Å². The number of aromatic nitrogens is 1. The van der Waals surface area contributed by atoms with Gasteiger partial charge in [-0.2, -0.15) is 0 Å². The van der Waals surface area contributed by atoms with Crippen molar-refractivity contribution in [2.75, 3.05) is 0 Å². The van der Waals surface area contributed by atoms with Crippen LogP contribution in [0.3, 0.4) is 0 Å². The van der Waals surface area contributed by atoms with Gasteiger partial charge < -0.3 is 5.73 Å². The minimum Gasteiger partial charge on any atom is -0.319 e. The Labute approximate surface area is 113 Å². The molecule has 0 saturated carbocycles. The Kier molecular flexibility index (Phi) is 3.96. The van der Waals surface area contributed by atoms with Gasteiger partial charge in [0.25, 0.3) is 0 Å². The highest BCUT2D eigenvalue weighted by molar-refractivity contribution is 5.90. The molecule has 1 aromatic heterocycles. The Hall–Kier alpha value is -1.74. The van der Waals surface area contributed by atoms with E-state index in [2.05, 4.69) is 4.98 Å². The van der Waals surface area contributed by atoms with Crippen molar-refractivity contribution in [3.8, 4) is 0 Å². The number of benzene rings is 1. The first-order chi connectivity index (χ1) is 9.09. The van der Waals surface area contributed by atoms with Crippen LogP contribution < -0.4 is 5.73 Å². The normalized spacial score (nSPS) is 11.7. The zero-order valence-corrected chi connectivity index (χ0v) is 11.5. The van der Waals surface area contributed by atoms with E-state index in [9.17, 15) is 4.79 Å². The molecule has 3 heteroatoms. The maximum atomic E-state index is 12.3. The van der Waals surface area contributed by atoms with E-state index >= 15 is 0 Å². The molecule has 0 unspecified atom stereocenters. The molecule has 100 valence electrons. The molecule has 2 N–H and O–H groups in total. The second-order valence-electron chi connectivity index (χ2n) is 4.96. The van der Waals surface area contributed by atoms with Gasteiger partial charge in [0, 0.05) is 11.1 Å². The van der Waals surface area contributed by atoms with Crippen molar-refractivity contribution in [1.29, 1.82) is 0 Å². The lowest BCUT2D eigenvalue weighted by Crippen LogP contribution is -2.47. The number of hydrogen-bond donors (Lipinski definition) is 1. The van der Waals surface area contributed by atoms with Crippen molar-refractivity contribution in [1.82, 2.24) is 4.98 Å². The van der Waals surface area contributed by atoms with Crippen molar-refractivity contribution >= 4 is 16.7 Å². The lowest BCUT2D eigenvalue weighted by Gasteiger charge is -2.24. The number of para-hydroxylation sites is 1. The first-order valence-electron chi connectivity index (χ1n) is 6.76. The van der Waals surface area contributed by atoms with Gasteiger partial charge in [0.2, 0.25) is 0 Å². The zero-order chi connectivity index (χ0) is 13.9. The van der Waals surface area contributed by atoms with E-state index < -0.39 is 5.54 Å². The fraction of sp³-hybridized carbons (Fsp3) is 0.375. The van der Waals surface area contributed by atoms with Crippen molar-refractivity contribution in [2.24, 2.45) is 5.73 Å². The molecule has 0 bridgehead atoms. The summed E-state index contributed by atoms with van der Waals surface area (Å²) >= 11 is 0. The molecule has 0 radical (unpaired) electrons. The maximum Gasteiger partial charge on any atom is 0.158 e. The van der Waals surface area contributed by atoms with Crippen LogP contribution in [0.1, 0.15) is 32.4 Å². The van der Waals surface area contributed by atoms with Gasteiger partial charge in [-0.3, -0.25) is 9.78 Å². The molecule has 2 aromatic rings. The standard InChI is InChI=1S/C16H20N2O/c1-3-16(17,4-2)15(19)11-13-10-9-12-7-5-6-8-14(12)18-13/h5-10H,3-4,11,17H2,1-2H3. The van der Waals surface area contributed by atoms with Gasteiger partial charge in [-0.1, -0.05) is 38.1 Å². The third-order valence-corrected chi connectivity index (χ3v) is 3.81. The third kappa shape index (κ3) is 2.82. The van der Waals surface area contributed by atoms with E-state index in [0.29, 0.717) is 19.3 Å². The van der Waals surface area contributed by atoms with Gasteiger partial charge in [-0.15, -0.1) is 0 Å². The summed E-state index contributed by atoms with van der Waals surface area (Å²) in [4.78, 5) is 16.8. The molecule has 0 spiro atoms. The average molecular weight is 256 g/mol. The van der Waals surface area contributed by atoms with Gasteiger partial charge >= 0.3 is 0 Å². The summed E-state index contributed by atoms with van der Waals surface area (Å²) in [6, 6.07) is 11.8. The van der Waals surface area contributed by atoms with E-state index in [1.165, 1.54) is 0 Å². The van der Waals surface area contributed by atoms with Crippen LogP contribution in [0.5, 0.6) is 0 Å². The quantitative estimate of drug-likeness (QED) is 0.895. The van der Waals surface area contributed by atoms with Crippen molar-refractivity contribution < 1.29 is 4.79 Å². The molecule has 0 aliphatic rings. The summed E-state index contributed by atoms with van der Waals surface area (Å²) < 4.78 is 0. The van der Waals surface area contributed by atoms with E-state index in [1.54, 1.807) is 0 Å². The monoisotopic (exact) mass is 256 g/mol. The van der Waals surface area contributed by atoms with Crippen LogP contribution in [0.25, 0.3) is 10.9 Å². The Morgan fingerprint density at radius 3 is 2.53 bits per heavy atom. The van der Waals surface area contributed by atoms with Crippen LogP contribution in [0, 0.1) is 0 Å². The number of ketones is 1. The number of carbonyl (C=O) groups is 1. The fourth-order valence-electron chi connectivity index (χ4n) is 2.19. The van der Waals surface area contributed by atoms with E-state index in [0.717, 1.165) is 16.6 Å². The summed E-state index contributed by atoms with van der Waals surface area (Å²) in [5.74, 6) is 0.0697. The highest BCUT2D eigenvalue weighted by atomic mass is 16.1. The molecule has 0 saturated heterocycles. The van der Waals surface area contributed by atoms with Crippen LogP contribution in [0.4, 0.5) is 0 Å². The maximum absolute atomic E-state index is 12.3. The summed E-state index contributed by atoms with van der Waals surface area (Å²) in [6.07, 6.45) is 1.63. The Balaban J connectivity index is 2.24. The van der Waals surface area contributed by atoms with E-state index in [4.69, 9.17) is 5.73 Å². The van der Waals surface area contributed by atoms with Crippen LogP contribution in [-0.4, -0.2) is 16.3 Å². The summed E-state index contributed by atoms with van der Waals surface area (Å²) in [5, 5.41) is 1.09. The molecule has 0 aliphatic carbocycles. The number of carbonyl (C=O) groups excluding carboxylic acids is 1. The predicted molar refractivity (Wildman–Crippen MR) is 78.0 cm³/mol. The topological polar surface area (TPSA) is 56.0 Å². The lowest BCUT2D eigenvalue weighted by molar-refractivity contribution is -0.123. The minimum absolute atomic E-state index is 0.0697. The molecule has 1 heterocycles. The number of hydrogen-bond acceptors (Lipinski definition) is 3. The third-order valence-electron chi connectivity index (χ3n) is 3.81. The fourth-order valence-corrected chi connectivity index (χ4v) is 2.19. The van der Waals surface area contributed by atoms with Crippen molar-refractivity contribution in [2.45, 2.75) is 38.6 Å². The Morgan fingerprint density at radius 1 is 1.16 bits per heavy atom. The Morgan fingerprint density at radius 2 is 1.84 bits per heavy atom. The largest absolute Gasteiger partial charge is 0.319 e. The number of fused-ring (bicyclic) bond motifs is 1. The van der Waals surface area contributed by atoms with Crippen molar-refractivity contribution in [3.63, 3.8) is 0 Å². The molecular formula is C16H20N2O. The summed E-state index contributed by atoms with van der Waals surface area (Å²) in [6.45, 7) is 3.91. The zero-order valence-electron chi connectivity index (χ0n) is 11.5. The molecule has 19 heavy (non-hydrogen) atoms. The first kappa shape index (κ1) is 13.7. The molecule has 2 rings (SSSR count). The molecule has 3 nitrogen and oxygen atoms in total. The van der Waals surface area contributed by atoms with E-state index in [-0.39, 0.29) is 5.78 Å². The van der Waals surface area contributed by atoms with Gasteiger partial charge in [-0.05, 0) is 25.0 Å². The van der Waals surface area contributed by atoms with Crippen LogP contribution in [0.15, 0.2) is 36.4 Å². The number of nitrogens with zero attached hydrogens (tertiary/aromatic N) is 1. The average Bonchev–Trinajstić information content (AvgIpc) is 2.46. The summed E-state index contributed by atoms with van der Waals surface area (Å²) in [7, 11) is 0. The molecule has 0 aliphatic heterocycles. The van der Waals surface area contributed by atoms with Crippen molar-refractivity contribution in [3.05, 3.63) is 42.1 Å². The lowest BCUT2D eigenvalue weighted by atomic mass is 9.87. The summed E-state index contributed by atoms with van der Waals surface area (Å²) in [5.41, 5.74) is 7.12. The predicted octanol–water partition coefficient (Wildman–Crippen LogP) is 2.86. The number of Topliss-reactive ketones (excluding diaryl/α,β-unsaturated/α-hetero) is 1. The number of rotatable bonds is 5. The molecule has 0 fully saturated rings. The highest BCUT2D eigenvalue weighted by Gasteiger charge is 2.29. The number of pyridine rings is 1. The van der Waals surface area contributed by atoms with Gasteiger partial charge in [0.15, 0.2) is 5.78 Å².